The summed E-state index contributed by atoms with van der Waals surface area (Å²) in [5, 5.41) is 19.5. The maximum atomic E-state index is 12.9. The third kappa shape index (κ3) is 3.30. The number of carboxylic acids is 1. The first-order valence-electron chi connectivity index (χ1n) is 8.93. The summed E-state index contributed by atoms with van der Waals surface area (Å²) in [5.74, 6) is -1.31. The van der Waals surface area contributed by atoms with Gasteiger partial charge in [0.1, 0.15) is 6.04 Å². The van der Waals surface area contributed by atoms with Crippen LogP contribution in [0.5, 0.6) is 0 Å². The first kappa shape index (κ1) is 20.0. The first-order valence-corrected chi connectivity index (χ1v) is 9.69. The number of carbonyl (C=O) groups is 2. The number of hydrogen-bond acceptors (Lipinski definition) is 4. The molecule has 0 radical (unpaired) electrons. The third-order valence-corrected chi connectivity index (χ3v) is 5.33. The number of amides is 1. The Morgan fingerprint density at radius 3 is 2.40 bits per heavy atom. The fourth-order valence-electron chi connectivity index (χ4n) is 3.54. The van der Waals surface area contributed by atoms with Gasteiger partial charge in [0.25, 0.3) is 5.91 Å². The lowest BCUT2D eigenvalue weighted by molar-refractivity contribution is -0.119. The van der Waals surface area contributed by atoms with Gasteiger partial charge in [-0.1, -0.05) is 35.3 Å². The Hall–Kier alpha value is -3.34. The molecule has 0 spiro atoms. The highest BCUT2D eigenvalue weighted by atomic mass is 35.5. The lowest BCUT2D eigenvalue weighted by Crippen LogP contribution is -2.24. The Morgan fingerprint density at radius 1 is 1.20 bits per heavy atom. The fourth-order valence-corrected chi connectivity index (χ4v) is 4.05. The SMILES string of the molecule is CC1C(=O)N(c2cc(Cl)cc(Cl)c2)c2nc(Cc3ccc(C#N)cc3)c(C(=O)O)n21. The Balaban J connectivity index is 1.83. The highest BCUT2D eigenvalue weighted by molar-refractivity contribution is 6.35. The Kier molecular flexibility index (Phi) is 4.98. The maximum Gasteiger partial charge on any atom is 0.354 e. The van der Waals surface area contributed by atoms with Crippen LogP contribution in [0.3, 0.4) is 0 Å². The van der Waals surface area contributed by atoms with Crippen molar-refractivity contribution in [3.05, 3.63) is 75.0 Å². The van der Waals surface area contributed by atoms with Gasteiger partial charge >= 0.3 is 5.97 Å². The molecule has 0 saturated carbocycles. The number of carboxylic acid groups (broad SMARTS) is 1. The van der Waals surface area contributed by atoms with Crippen molar-refractivity contribution >= 4 is 46.7 Å². The zero-order valence-corrected chi connectivity index (χ0v) is 17.1. The molecule has 1 aliphatic heterocycles. The van der Waals surface area contributed by atoms with Crippen LogP contribution < -0.4 is 4.90 Å². The minimum absolute atomic E-state index is 0.0502. The summed E-state index contributed by atoms with van der Waals surface area (Å²) in [6.07, 6.45) is 0.235. The number of nitrogens with zero attached hydrogens (tertiary/aromatic N) is 4. The zero-order valence-electron chi connectivity index (χ0n) is 15.6. The van der Waals surface area contributed by atoms with E-state index in [1.165, 1.54) is 9.47 Å². The van der Waals surface area contributed by atoms with Crippen molar-refractivity contribution in [2.75, 3.05) is 4.90 Å². The van der Waals surface area contributed by atoms with E-state index in [2.05, 4.69) is 4.98 Å². The van der Waals surface area contributed by atoms with Crippen molar-refractivity contribution in [3.63, 3.8) is 0 Å². The largest absolute Gasteiger partial charge is 0.477 e. The summed E-state index contributed by atoms with van der Waals surface area (Å²) >= 11 is 12.2. The van der Waals surface area contributed by atoms with E-state index >= 15 is 0 Å². The van der Waals surface area contributed by atoms with Crippen LogP contribution in [-0.4, -0.2) is 26.5 Å². The highest BCUT2D eigenvalue weighted by Gasteiger charge is 2.41. The molecule has 150 valence electrons. The number of anilines is 2. The first-order chi connectivity index (χ1) is 14.3. The molecule has 2 aromatic carbocycles. The van der Waals surface area contributed by atoms with E-state index in [9.17, 15) is 14.7 Å². The molecule has 0 fully saturated rings. The zero-order chi connectivity index (χ0) is 21.6. The van der Waals surface area contributed by atoms with Gasteiger partial charge in [-0.05, 0) is 42.8 Å². The van der Waals surface area contributed by atoms with E-state index in [-0.39, 0.29) is 24.0 Å². The predicted molar refractivity (Wildman–Crippen MR) is 111 cm³/mol. The fraction of sp³-hybridized carbons (Fsp3) is 0.143. The monoisotopic (exact) mass is 440 g/mol. The standard InChI is InChI=1S/C21H14Cl2N4O3/c1-11-19(28)27(16-8-14(22)7-15(23)9-16)21-25-17(18(20(29)30)26(11)21)6-12-2-4-13(10-24)5-3-12/h2-5,7-9,11H,6H2,1H3,(H,29,30). The van der Waals surface area contributed by atoms with Crippen LogP contribution in [0.1, 0.15) is 40.3 Å². The Labute approximate surface area is 181 Å². The minimum atomic E-state index is -1.18. The molecular weight excluding hydrogens is 427 g/mol. The van der Waals surface area contributed by atoms with Gasteiger partial charge in [-0.3, -0.25) is 9.36 Å². The normalized spacial score (nSPS) is 15.2. The van der Waals surface area contributed by atoms with Crippen LogP contribution >= 0.6 is 23.2 Å². The minimum Gasteiger partial charge on any atom is -0.477 e. The van der Waals surface area contributed by atoms with Crippen LogP contribution in [-0.2, 0) is 11.2 Å². The molecule has 0 saturated heterocycles. The Bertz CT molecular complexity index is 1210. The number of imidazole rings is 1. The molecule has 3 aromatic rings. The average molecular weight is 441 g/mol. The lowest BCUT2D eigenvalue weighted by Gasteiger charge is -2.15. The van der Waals surface area contributed by atoms with Gasteiger partial charge in [-0.25, -0.2) is 14.7 Å². The molecular formula is C21H14Cl2N4O3. The van der Waals surface area contributed by atoms with Crippen LogP contribution in [0.4, 0.5) is 11.6 Å². The van der Waals surface area contributed by atoms with Crippen LogP contribution in [0.25, 0.3) is 0 Å². The number of fused-ring (bicyclic) bond motifs is 1. The quantitative estimate of drug-likeness (QED) is 0.639. The van der Waals surface area contributed by atoms with Crippen molar-refractivity contribution in [1.29, 1.82) is 5.26 Å². The number of halogens is 2. The predicted octanol–water partition coefficient (Wildman–Crippen LogP) is 4.59. The van der Waals surface area contributed by atoms with Crippen LogP contribution in [0, 0.1) is 11.3 Å². The van der Waals surface area contributed by atoms with E-state index in [0.717, 1.165) is 5.56 Å². The van der Waals surface area contributed by atoms with E-state index in [1.54, 1.807) is 49.4 Å². The summed E-state index contributed by atoms with van der Waals surface area (Å²) in [5.41, 5.74) is 1.98. The van der Waals surface area contributed by atoms with Crippen molar-refractivity contribution in [2.24, 2.45) is 0 Å². The second kappa shape index (κ2) is 7.48. The molecule has 9 heteroatoms. The van der Waals surface area contributed by atoms with Gasteiger partial charge in [-0.15, -0.1) is 0 Å². The molecule has 1 unspecified atom stereocenters. The molecule has 1 N–H and O–H groups in total. The van der Waals surface area contributed by atoms with Crippen LogP contribution in [0.2, 0.25) is 10.0 Å². The molecule has 1 atom stereocenters. The van der Waals surface area contributed by atoms with Crippen molar-refractivity contribution < 1.29 is 14.7 Å². The number of benzene rings is 2. The Morgan fingerprint density at radius 2 is 1.83 bits per heavy atom. The van der Waals surface area contributed by atoms with E-state index < -0.39 is 12.0 Å². The maximum absolute atomic E-state index is 12.9. The summed E-state index contributed by atoms with van der Waals surface area (Å²) in [4.78, 5) is 30.8. The number of hydrogen-bond donors (Lipinski definition) is 1. The van der Waals surface area contributed by atoms with Crippen LogP contribution in [0.15, 0.2) is 42.5 Å². The van der Waals surface area contributed by atoms with Gasteiger partial charge < -0.3 is 5.11 Å². The molecule has 0 bridgehead atoms. The number of carbonyl (C=O) groups excluding carboxylic acids is 1. The lowest BCUT2D eigenvalue weighted by atomic mass is 10.1. The third-order valence-electron chi connectivity index (χ3n) is 4.89. The molecule has 4 rings (SSSR count). The smallest absolute Gasteiger partial charge is 0.354 e. The van der Waals surface area contributed by atoms with E-state index in [1.807, 2.05) is 6.07 Å². The molecule has 1 aliphatic rings. The van der Waals surface area contributed by atoms with E-state index in [0.29, 0.717) is 27.0 Å². The topological polar surface area (TPSA) is 99.2 Å². The molecule has 7 nitrogen and oxygen atoms in total. The number of nitriles is 1. The molecule has 1 amide bonds. The summed E-state index contributed by atoms with van der Waals surface area (Å²) in [6, 6.07) is 12.8. The van der Waals surface area contributed by atoms with Crippen molar-refractivity contribution in [3.8, 4) is 6.07 Å². The molecule has 2 heterocycles. The molecule has 1 aromatic heterocycles. The van der Waals surface area contributed by atoms with Gasteiger partial charge in [0.2, 0.25) is 5.95 Å². The van der Waals surface area contributed by atoms with Gasteiger partial charge in [0, 0.05) is 16.5 Å². The van der Waals surface area contributed by atoms with Gasteiger partial charge in [0.05, 0.1) is 23.0 Å². The molecule has 0 aliphatic carbocycles. The second-order valence-corrected chi connectivity index (χ2v) is 7.72. The highest BCUT2D eigenvalue weighted by Crippen LogP contribution is 2.40. The number of rotatable bonds is 4. The second-order valence-electron chi connectivity index (χ2n) is 6.85. The van der Waals surface area contributed by atoms with Gasteiger partial charge in [-0.2, -0.15) is 5.26 Å². The van der Waals surface area contributed by atoms with Crippen molar-refractivity contribution in [1.82, 2.24) is 9.55 Å². The van der Waals surface area contributed by atoms with E-state index in [4.69, 9.17) is 28.5 Å². The number of aromatic carboxylic acids is 1. The summed E-state index contributed by atoms with van der Waals surface area (Å²) in [6.45, 7) is 1.62. The average Bonchev–Trinajstić information content (AvgIpc) is 3.16. The number of aromatic nitrogens is 2. The summed E-state index contributed by atoms with van der Waals surface area (Å²) < 4.78 is 1.42. The molecule has 30 heavy (non-hydrogen) atoms. The van der Waals surface area contributed by atoms with Gasteiger partial charge in [0.15, 0.2) is 5.69 Å². The van der Waals surface area contributed by atoms with Crippen molar-refractivity contribution in [2.45, 2.75) is 19.4 Å². The summed E-state index contributed by atoms with van der Waals surface area (Å²) in [7, 11) is 0.